The summed E-state index contributed by atoms with van der Waals surface area (Å²) in [6, 6.07) is -0.496. The van der Waals surface area contributed by atoms with Gasteiger partial charge in [0.15, 0.2) is 7.29 Å². The summed E-state index contributed by atoms with van der Waals surface area (Å²) in [5.74, 6) is 0.316. The van der Waals surface area contributed by atoms with Crippen molar-refractivity contribution in [2.45, 2.75) is 66.1 Å². The van der Waals surface area contributed by atoms with Crippen LogP contribution in [0.4, 0.5) is 0 Å². The predicted molar refractivity (Wildman–Crippen MR) is 85.5 cm³/mol. The summed E-state index contributed by atoms with van der Waals surface area (Å²) in [4.78, 5) is 11.9. The second kappa shape index (κ2) is 7.61. The van der Waals surface area contributed by atoms with E-state index in [1.165, 1.54) is 7.11 Å². The molecule has 0 aromatic carbocycles. The van der Waals surface area contributed by atoms with Crippen molar-refractivity contribution in [2.24, 2.45) is 11.8 Å². The van der Waals surface area contributed by atoms with Crippen molar-refractivity contribution in [3.05, 3.63) is 0 Å². The van der Waals surface area contributed by atoms with E-state index in [0.29, 0.717) is 24.4 Å². The van der Waals surface area contributed by atoms with E-state index >= 15 is 0 Å². The lowest BCUT2D eigenvalue weighted by Gasteiger charge is -2.36. The van der Waals surface area contributed by atoms with Crippen molar-refractivity contribution >= 4 is 13.3 Å². The Balaban J connectivity index is 5.28. The Hall–Kier alpha value is -0.340. The van der Waals surface area contributed by atoms with Gasteiger partial charge in [-0.3, -0.25) is 9.88 Å². The summed E-state index contributed by atoms with van der Waals surface area (Å²) in [6.07, 6.45) is 1.22. The molecule has 0 aromatic rings. The van der Waals surface area contributed by atoms with Gasteiger partial charge < -0.3 is 9.30 Å². The lowest BCUT2D eigenvalue weighted by molar-refractivity contribution is -0.143. The van der Waals surface area contributed by atoms with E-state index < -0.39 is 13.3 Å². The minimum Gasteiger partial charge on any atom is -0.468 e. The van der Waals surface area contributed by atoms with Crippen LogP contribution in [0.2, 0.25) is 0 Å². The molecular formula is C15H32NO3P. The van der Waals surface area contributed by atoms with Crippen molar-refractivity contribution in [1.82, 2.24) is 5.09 Å². The maximum atomic E-state index is 13.3. The van der Waals surface area contributed by atoms with E-state index in [0.717, 1.165) is 0 Å². The average molecular weight is 305 g/mol. The third kappa shape index (κ3) is 5.97. The zero-order chi connectivity index (χ0) is 16.1. The first kappa shape index (κ1) is 19.7. The summed E-state index contributed by atoms with van der Waals surface area (Å²) in [5.41, 5.74) is 0. The first-order chi connectivity index (χ1) is 8.93. The van der Waals surface area contributed by atoms with E-state index in [9.17, 15) is 9.36 Å². The number of rotatable bonds is 7. The predicted octanol–water partition coefficient (Wildman–Crippen LogP) is 3.90. The summed E-state index contributed by atoms with van der Waals surface area (Å²) in [6.45, 7) is 14.1. The fraction of sp³-hybridized carbons (Fsp3) is 0.933. The molecule has 0 saturated carbocycles. The largest absolute Gasteiger partial charge is 0.468 e. The molecule has 1 N–H and O–H groups in total. The Morgan fingerprint density at radius 3 is 1.95 bits per heavy atom. The Labute approximate surface area is 124 Å². The zero-order valence-electron chi connectivity index (χ0n) is 14.3. The summed E-state index contributed by atoms with van der Waals surface area (Å²) in [5, 5.41) is 2.79. The van der Waals surface area contributed by atoms with Gasteiger partial charge in [0.05, 0.1) is 7.11 Å². The molecule has 120 valence electrons. The summed E-state index contributed by atoms with van der Waals surface area (Å²) < 4.78 is 18.2. The van der Waals surface area contributed by atoms with Gasteiger partial charge in [-0.1, -0.05) is 48.5 Å². The van der Waals surface area contributed by atoms with Gasteiger partial charge in [0.25, 0.3) is 0 Å². The van der Waals surface area contributed by atoms with Crippen molar-refractivity contribution in [2.75, 3.05) is 13.3 Å². The molecule has 0 saturated heterocycles. The van der Waals surface area contributed by atoms with Crippen LogP contribution in [0.15, 0.2) is 0 Å². The molecule has 0 aliphatic heterocycles. The normalized spacial score (nSPS) is 17.1. The van der Waals surface area contributed by atoms with Crippen LogP contribution in [-0.4, -0.2) is 30.4 Å². The maximum absolute atomic E-state index is 13.3. The van der Waals surface area contributed by atoms with Gasteiger partial charge >= 0.3 is 5.97 Å². The van der Waals surface area contributed by atoms with Crippen LogP contribution in [0, 0.1) is 11.8 Å². The molecule has 20 heavy (non-hydrogen) atoms. The number of hydrogen-bond donors (Lipinski definition) is 1. The molecule has 2 atom stereocenters. The Bertz CT molecular complexity index is 359. The third-order valence-corrected chi connectivity index (χ3v) is 7.40. The van der Waals surface area contributed by atoms with Crippen LogP contribution in [-0.2, 0) is 14.1 Å². The fourth-order valence-corrected chi connectivity index (χ4v) is 4.88. The molecule has 0 radical (unpaired) electrons. The number of carbonyl (C=O) groups excluding carboxylic acids is 1. The third-order valence-electron chi connectivity index (χ3n) is 3.26. The molecular weight excluding hydrogens is 273 g/mol. The van der Waals surface area contributed by atoms with Crippen LogP contribution in [0.5, 0.6) is 0 Å². The van der Waals surface area contributed by atoms with Crippen LogP contribution in [0.1, 0.15) is 54.9 Å². The smallest absolute Gasteiger partial charge is 0.323 e. The van der Waals surface area contributed by atoms with E-state index in [2.05, 4.69) is 18.9 Å². The van der Waals surface area contributed by atoms with Crippen molar-refractivity contribution in [3.8, 4) is 0 Å². The lowest BCUT2D eigenvalue weighted by Crippen LogP contribution is -2.41. The standard InChI is InChI=1S/C15H32NO3P/c1-11(2)9-13(14(17)19-8)16-20(18,10-12(3)4)15(5,6)7/h11-13H,9-10H2,1-8H3,(H,16,18)/t13-,20?/m0/s1. The average Bonchev–Trinajstić information content (AvgIpc) is 2.23. The highest BCUT2D eigenvalue weighted by Crippen LogP contribution is 2.55. The van der Waals surface area contributed by atoms with Gasteiger partial charge in [0, 0.05) is 11.3 Å². The topological polar surface area (TPSA) is 55.4 Å². The molecule has 0 amide bonds. The zero-order valence-corrected chi connectivity index (χ0v) is 15.2. The van der Waals surface area contributed by atoms with Gasteiger partial charge in [-0.05, 0) is 18.3 Å². The summed E-state index contributed by atoms with van der Waals surface area (Å²) in [7, 11) is -1.31. The molecule has 0 heterocycles. The van der Waals surface area contributed by atoms with Gasteiger partial charge in [-0.2, -0.15) is 0 Å². The van der Waals surface area contributed by atoms with E-state index in [1.54, 1.807) is 0 Å². The second-order valence-corrected chi connectivity index (χ2v) is 10.8. The number of nitrogens with one attached hydrogen (secondary N) is 1. The van der Waals surface area contributed by atoms with E-state index in [-0.39, 0.29) is 11.1 Å². The van der Waals surface area contributed by atoms with Crippen molar-refractivity contribution in [1.29, 1.82) is 0 Å². The van der Waals surface area contributed by atoms with Gasteiger partial charge in [-0.25, -0.2) is 0 Å². The minimum atomic E-state index is -2.69. The highest BCUT2D eigenvalue weighted by Gasteiger charge is 2.40. The highest BCUT2D eigenvalue weighted by atomic mass is 31.2. The Morgan fingerprint density at radius 2 is 1.65 bits per heavy atom. The Morgan fingerprint density at radius 1 is 1.15 bits per heavy atom. The molecule has 0 aromatic heterocycles. The van der Waals surface area contributed by atoms with Crippen molar-refractivity contribution in [3.63, 3.8) is 0 Å². The molecule has 5 heteroatoms. The lowest BCUT2D eigenvalue weighted by atomic mass is 10.1. The van der Waals surface area contributed by atoms with Crippen LogP contribution < -0.4 is 5.09 Å². The molecule has 0 rings (SSSR count). The fourth-order valence-electron chi connectivity index (χ4n) is 2.10. The van der Waals surface area contributed by atoms with Gasteiger partial charge in [-0.15, -0.1) is 0 Å². The first-order valence-electron chi connectivity index (χ1n) is 7.37. The van der Waals surface area contributed by atoms with Crippen molar-refractivity contribution < 1.29 is 14.1 Å². The Kier molecular flexibility index (Phi) is 7.48. The van der Waals surface area contributed by atoms with Gasteiger partial charge in [0.1, 0.15) is 6.04 Å². The SMILES string of the molecule is COC(=O)[C@H](CC(C)C)NP(=O)(CC(C)C)C(C)(C)C. The number of methoxy groups -OCH3 is 1. The summed E-state index contributed by atoms with van der Waals surface area (Å²) >= 11 is 0. The molecule has 0 fully saturated rings. The quantitative estimate of drug-likeness (QED) is 0.572. The first-order valence-corrected chi connectivity index (χ1v) is 9.27. The molecule has 1 unspecified atom stereocenters. The number of ether oxygens (including phenoxy) is 1. The van der Waals surface area contributed by atoms with Crippen LogP contribution >= 0.6 is 7.29 Å². The number of carbonyl (C=O) groups is 1. The molecule has 0 spiro atoms. The molecule has 4 nitrogen and oxygen atoms in total. The number of esters is 1. The van der Waals surface area contributed by atoms with Crippen LogP contribution in [0.25, 0.3) is 0 Å². The van der Waals surface area contributed by atoms with Gasteiger partial charge in [0.2, 0.25) is 0 Å². The number of hydrogen-bond acceptors (Lipinski definition) is 3. The van der Waals surface area contributed by atoms with E-state index in [1.807, 2.05) is 34.6 Å². The van der Waals surface area contributed by atoms with Crippen LogP contribution in [0.3, 0.4) is 0 Å². The van der Waals surface area contributed by atoms with E-state index in [4.69, 9.17) is 4.74 Å². The molecule has 0 bridgehead atoms. The monoisotopic (exact) mass is 305 g/mol. The molecule has 0 aliphatic rings. The minimum absolute atomic E-state index is 0.310. The maximum Gasteiger partial charge on any atom is 0.323 e. The highest BCUT2D eigenvalue weighted by molar-refractivity contribution is 7.63. The second-order valence-electron chi connectivity index (χ2n) is 7.32. The molecule has 0 aliphatic carbocycles.